The highest BCUT2D eigenvalue weighted by Gasteiger charge is 2.27. The van der Waals surface area contributed by atoms with Crippen LogP contribution in [0.25, 0.3) is 0 Å². The van der Waals surface area contributed by atoms with Gasteiger partial charge in [-0.1, -0.05) is 10.3 Å². The van der Waals surface area contributed by atoms with Crippen LogP contribution in [-0.4, -0.2) is 28.7 Å². The number of urea groups is 1. The molecule has 1 aliphatic heterocycles. The van der Waals surface area contributed by atoms with Crippen molar-refractivity contribution in [2.45, 2.75) is 0 Å². The number of hydrogen-bond acceptors (Lipinski definition) is 5. The number of nitrogens with zero attached hydrogens (tertiary/aromatic N) is 3. The number of amides is 2. The number of carbonyl (C=O) groups is 1. The van der Waals surface area contributed by atoms with Crippen molar-refractivity contribution in [2.24, 2.45) is 10.9 Å². The molecule has 68 valence electrons. The SMILES string of the molecule is NC(=O)N1CON=C1c1ccno1. The number of rotatable bonds is 1. The monoisotopic (exact) mass is 182 g/mol. The minimum Gasteiger partial charge on any atom is -0.371 e. The Hall–Kier alpha value is -2.05. The van der Waals surface area contributed by atoms with Gasteiger partial charge in [-0.3, -0.25) is 0 Å². The Morgan fingerprint density at radius 2 is 2.54 bits per heavy atom. The van der Waals surface area contributed by atoms with Crippen LogP contribution in [0, 0.1) is 0 Å². The van der Waals surface area contributed by atoms with Crippen LogP contribution in [0.2, 0.25) is 0 Å². The van der Waals surface area contributed by atoms with Crippen molar-refractivity contribution in [3.63, 3.8) is 0 Å². The van der Waals surface area contributed by atoms with Crippen molar-refractivity contribution < 1.29 is 14.2 Å². The van der Waals surface area contributed by atoms with Crippen molar-refractivity contribution in [1.82, 2.24) is 10.1 Å². The number of primary amides is 1. The van der Waals surface area contributed by atoms with Gasteiger partial charge < -0.3 is 15.1 Å². The molecular weight excluding hydrogens is 176 g/mol. The second-order valence-corrected chi connectivity index (χ2v) is 2.32. The van der Waals surface area contributed by atoms with Gasteiger partial charge in [0.05, 0.1) is 6.20 Å². The van der Waals surface area contributed by atoms with Gasteiger partial charge in [-0.15, -0.1) is 0 Å². The van der Waals surface area contributed by atoms with E-state index in [-0.39, 0.29) is 12.6 Å². The van der Waals surface area contributed by atoms with E-state index in [1.807, 2.05) is 0 Å². The van der Waals surface area contributed by atoms with Gasteiger partial charge >= 0.3 is 6.03 Å². The van der Waals surface area contributed by atoms with Gasteiger partial charge in [-0.2, -0.15) is 0 Å². The smallest absolute Gasteiger partial charge is 0.323 e. The van der Waals surface area contributed by atoms with Crippen LogP contribution in [0.1, 0.15) is 5.76 Å². The molecule has 1 aliphatic rings. The second-order valence-electron chi connectivity index (χ2n) is 2.32. The maximum atomic E-state index is 10.8. The fraction of sp³-hybridized carbons (Fsp3) is 0.167. The number of nitrogens with two attached hydrogens (primary N) is 1. The maximum Gasteiger partial charge on any atom is 0.323 e. The Labute approximate surface area is 72.7 Å². The molecule has 0 atom stereocenters. The van der Waals surface area contributed by atoms with Gasteiger partial charge in [0.1, 0.15) is 0 Å². The molecule has 0 spiro atoms. The second kappa shape index (κ2) is 2.77. The van der Waals surface area contributed by atoms with E-state index in [4.69, 9.17) is 10.3 Å². The molecule has 1 aromatic heterocycles. The first-order valence-corrected chi connectivity index (χ1v) is 3.47. The molecule has 7 heteroatoms. The summed E-state index contributed by atoms with van der Waals surface area (Å²) in [7, 11) is 0. The lowest BCUT2D eigenvalue weighted by molar-refractivity contribution is 0.119. The van der Waals surface area contributed by atoms with E-state index in [2.05, 4.69) is 15.1 Å². The molecule has 0 unspecified atom stereocenters. The van der Waals surface area contributed by atoms with Crippen LogP contribution in [0.4, 0.5) is 4.79 Å². The van der Waals surface area contributed by atoms with Crippen LogP contribution in [-0.2, 0) is 4.84 Å². The Balaban J connectivity index is 2.29. The number of amidine groups is 1. The Bertz CT molecular complexity index is 345. The first-order chi connectivity index (χ1) is 6.29. The van der Waals surface area contributed by atoms with E-state index in [1.165, 1.54) is 6.20 Å². The molecule has 2 heterocycles. The first kappa shape index (κ1) is 7.59. The lowest BCUT2D eigenvalue weighted by Crippen LogP contribution is -2.38. The lowest BCUT2D eigenvalue weighted by Gasteiger charge is -2.08. The van der Waals surface area contributed by atoms with Crippen LogP contribution >= 0.6 is 0 Å². The van der Waals surface area contributed by atoms with Crippen molar-refractivity contribution in [2.75, 3.05) is 6.73 Å². The quantitative estimate of drug-likeness (QED) is 0.645. The van der Waals surface area contributed by atoms with Crippen LogP contribution < -0.4 is 5.73 Å². The third-order valence-electron chi connectivity index (χ3n) is 1.52. The number of aromatic nitrogens is 1. The summed E-state index contributed by atoms with van der Waals surface area (Å²) in [6, 6.07) is 0.913. The largest absolute Gasteiger partial charge is 0.371 e. The Morgan fingerprint density at radius 3 is 3.15 bits per heavy atom. The van der Waals surface area contributed by atoms with Gasteiger partial charge in [0.2, 0.25) is 11.6 Å². The molecular formula is C6H6N4O3. The summed E-state index contributed by atoms with van der Waals surface area (Å²) in [4.78, 5) is 16.7. The van der Waals surface area contributed by atoms with Crippen molar-refractivity contribution >= 4 is 11.9 Å². The minimum absolute atomic E-state index is 0.00532. The van der Waals surface area contributed by atoms with Crippen LogP contribution in [0.3, 0.4) is 0 Å². The van der Waals surface area contributed by atoms with Crippen molar-refractivity contribution in [3.8, 4) is 0 Å². The summed E-state index contributed by atoms with van der Waals surface area (Å²) in [5, 5.41) is 7.06. The molecule has 0 saturated carbocycles. The topological polar surface area (TPSA) is 94.0 Å². The van der Waals surface area contributed by atoms with Gasteiger partial charge in [0.15, 0.2) is 6.73 Å². The number of hydrogen-bond donors (Lipinski definition) is 1. The van der Waals surface area contributed by atoms with Gasteiger partial charge in [0, 0.05) is 6.07 Å². The predicted octanol–water partition coefficient (Wildman–Crippen LogP) is -0.295. The Kier molecular flexibility index (Phi) is 1.62. The molecule has 0 bridgehead atoms. The molecule has 0 saturated heterocycles. The van der Waals surface area contributed by atoms with Gasteiger partial charge in [0.25, 0.3) is 0 Å². The molecule has 7 nitrogen and oxygen atoms in total. The van der Waals surface area contributed by atoms with E-state index in [1.54, 1.807) is 6.07 Å². The average Bonchev–Trinajstić information content (AvgIpc) is 2.74. The highest BCUT2D eigenvalue weighted by molar-refractivity contribution is 6.05. The summed E-state index contributed by atoms with van der Waals surface area (Å²) in [5.41, 5.74) is 5.06. The first-order valence-electron chi connectivity index (χ1n) is 3.47. The fourth-order valence-electron chi connectivity index (χ4n) is 0.935. The molecule has 2 rings (SSSR count). The van der Waals surface area contributed by atoms with Crippen molar-refractivity contribution in [1.29, 1.82) is 0 Å². The van der Waals surface area contributed by atoms with E-state index >= 15 is 0 Å². The molecule has 0 fully saturated rings. The van der Waals surface area contributed by atoms with Crippen LogP contribution in [0.15, 0.2) is 21.9 Å². The average molecular weight is 182 g/mol. The fourth-order valence-corrected chi connectivity index (χ4v) is 0.935. The van der Waals surface area contributed by atoms with E-state index in [0.717, 1.165) is 4.90 Å². The zero-order valence-corrected chi connectivity index (χ0v) is 6.51. The third-order valence-corrected chi connectivity index (χ3v) is 1.52. The Morgan fingerprint density at radius 1 is 1.69 bits per heavy atom. The standard InChI is InChI=1S/C6H6N4O3/c7-6(11)10-3-12-9-5(10)4-1-2-8-13-4/h1-2H,3H2,(H2,7,11). The highest BCUT2D eigenvalue weighted by atomic mass is 16.7. The normalized spacial score (nSPS) is 15.4. The number of oxime groups is 1. The maximum absolute atomic E-state index is 10.8. The summed E-state index contributed by atoms with van der Waals surface area (Å²) >= 11 is 0. The molecule has 2 amide bonds. The number of carbonyl (C=O) groups excluding carboxylic acids is 1. The molecule has 0 aliphatic carbocycles. The van der Waals surface area contributed by atoms with E-state index in [0.29, 0.717) is 5.76 Å². The summed E-state index contributed by atoms with van der Waals surface area (Å²) in [5.74, 6) is 0.585. The van der Waals surface area contributed by atoms with E-state index < -0.39 is 6.03 Å². The zero-order chi connectivity index (χ0) is 9.26. The van der Waals surface area contributed by atoms with Gasteiger partial charge in [-0.25, -0.2) is 9.69 Å². The minimum atomic E-state index is -0.646. The third kappa shape index (κ3) is 1.19. The lowest BCUT2D eigenvalue weighted by atomic mass is 10.4. The van der Waals surface area contributed by atoms with E-state index in [9.17, 15) is 4.79 Å². The molecule has 2 N–H and O–H groups in total. The summed E-state index contributed by atoms with van der Waals surface area (Å²) < 4.78 is 4.79. The zero-order valence-electron chi connectivity index (χ0n) is 6.51. The molecule has 0 radical (unpaired) electrons. The summed E-state index contributed by atoms with van der Waals surface area (Å²) in [6.07, 6.45) is 1.44. The molecule has 1 aromatic rings. The predicted molar refractivity (Wildman–Crippen MR) is 40.4 cm³/mol. The van der Waals surface area contributed by atoms with Gasteiger partial charge in [-0.05, 0) is 0 Å². The van der Waals surface area contributed by atoms with Crippen LogP contribution in [0.5, 0.6) is 0 Å². The summed E-state index contributed by atoms with van der Waals surface area (Å²) in [6.45, 7) is 0.00532. The van der Waals surface area contributed by atoms with Crippen molar-refractivity contribution in [3.05, 3.63) is 18.0 Å². The highest BCUT2D eigenvalue weighted by Crippen LogP contribution is 2.10. The molecule has 13 heavy (non-hydrogen) atoms. The molecule has 0 aromatic carbocycles.